The molecule has 0 aliphatic heterocycles. The maximum Gasteiger partial charge on any atom is 0.328 e. The Bertz CT molecular complexity index is 387. The van der Waals surface area contributed by atoms with E-state index in [2.05, 4.69) is 18.8 Å². The number of carbonyl (C=O) groups excluding carboxylic acids is 1. The minimum absolute atomic E-state index is 0.198. The summed E-state index contributed by atoms with van der Waals surface area (Å²) in [6.45, 7) is 8.78. The summed E-state index contributed by atoms with van der Waals surface area (Å²) in [6, 6.07) is -0.366. The highest BCUT2D eigenvalue weighted by molar-refractivity contribution is 5.73. The van der Waals surface area contributed by atoms with Crippen LogP contribution < -0.4 is 5.73 Å². The lowest BCUT2D eigenvalue weighted by molar-refractivity contribution is -0.146. The molecule has 0 radical (unpaired) electrons. The summed E-state index contributed by atoms with van der Waals surface area (Å²) in [4.78, 5) is 15.9. The van der Waals surface area contributed by atoms with Gasteiger partial charge in [0.1, 0.15) is 6.04 Å². The third kappa shape index (κ3) is 3.10. The molecule has 0 aliphatic carbocycles. The van der Waals surface area contributed by atoms with Crippen LogP contribution in [0.25, 0.3) is 0 Å². The van der Waals surface area contributed by atoms with E-state index in [4.69, 9.17) is 10.5 Å². The first-order valence-electron chi connectivity index (χ1n) is 6.41. The first-order chi connectivity index (χ1) is 8.52. The summed E-state index contributed by atoms with van der Waals surface area (Å²) in [7, 11) is 0. The summed E-state index contributed by atoms with van der Waals surface area (Å²) < 4.78 is 6.89. The smallest absolute Gasteiger partial charge is 0.328 e. The zero-order valence-electron chi connectivity index (χ0n) is 11.6. The molecule has 2 atom stereocenters. The summed E-state index contributed by atoms with van der Waals surface area (Å²) in [5.41, 5.74) is 6.81. The van der Waals surface area contributed by atoms with Gasteiger partial charge < -0.3 is 15.0 Å². The van der Waals surface area contributed by atoms with Crippen LogP contribution >= 0.6 is 0 Å². The molecule has 0 aromatic carbocycles. The molecule has 1 heterocycles. The monoisotopic (exact) mass is 253 g/mol. The van der Waals surface area contributed by atoms with Gasteiger partial charge >= 0.3 is 5.97 Å². The van der Waals surface area contributed by atoms with Crippen molar-refractivity contribution >= 4 is 5.97 Å². The van der Waals surface area contributed by atoms with Crippen LogP contribution in [0.3, 0.4) is 0 Å². The van der Waals surface area contributed by atoms with Crippen molar-refractivity contribution in [1.82, 2.24) is 9.55 Å². The SMILES string of the molecule is CCOC(=O)C(C)n1cncc1C(CN)C(C)C. The van der Waals surface area contributed by atoms with E-state index in [0.29, 0.717) is 19.1 Å². The Hall–Kier alpha value is -1.36. The Labute approximate surface area is 108 Å². The number of rotatable bonds is 6. The third-order valence-electron chi connectivity index (χ3n) is 3.18. The summed E-state index contributed by atoms with van der Waals surface area (Å²) in [5, 5.41) is 0. The summed E-state index contributed by atoms with van der Waals surface area (Å²) in [5.74, 6) is 0.362. The third-order valence-corrected chi connectivity index (χ3v) is 3.18. The van der Waals surface area contributed by atoms with E-state index in [0.717, 1.165) is 5.69 Å². The van der Waals surface area contributed by atoms with E-state index >= 15 is 0 Å². The van der Waals surface area contributed by atoms with Crippen LogP contribution in [0.15, 0.2) is 12.5 Å². The molecule has 1 rings (SSSR count). The number of esters is 1. The van der Waals surface area contributed by atoms with E-state index in [9.17, 15) is 4.79 Å². The number of nitrogens with two attached hydrogens (primary N) is 1. The van der Waals surface area contributed by atoms with Crippen LogP contribution in [-0.4, -0.2) is 28.7 Å². The average Bonchev–Trinajstić information content (AvgIpc) is 2.78. The molecule has 0 saturated heterocycles. The summed E-state index contributed by atoms with van der Waals surface area (Å²) in [6.07, 6.45) is 3.45. The topological polar surface area (TPSA) is 70.1 Å². The van der Waals surface area contributed by atoms with E-state index < -0.39 is 0 Å². The molecule has 2 N–H and O–H groups in total. The van der Waals surface area contributed by atoms with Gasteiger partial charge in [-0.1, -0.05) is 13.8 Å². The second-order valence-corrected chi connectivity index (χ2v) is 4.74. The van der Waals surface area contributed by atoms with Gasteiger partial charge in [0.2, 0.25) is 0 Å². The lowest BCUT2D eigenvalue weighted by Gasteiger charge is -2.23. The maximum absolute atomic E-state index is 11.8. The molecule has 2 unspecified atom stereocenters. The van der Waals surface area contributed by atoms with E-state index in [1.54, 1.807) is 19.4 Å². The van der Waals surface area contributed by atoms with Gasteiger partial charge in [-0.05, 0) is 19.8 Å². The quantitative estimate of drug-likeness (QED) is 0.783. The average molecular weight is 253 g/mol. The standard InChI is InChI=1S/C13H23N3O2/c1-5-18-13(17)10(4)16-8-15-7-12(16)11(6-14)9(2)3/h7-11H,5-6,14H2,1-4H3. The van der Waals surface area contributed by atoms with Crippen molar-refractivity contribution < 1.29 is 9.53 Å². The minimum atomic E-state index is -0.366. The number of carbonyl (C=O) groups is 1. The molecular weight excluding hydrogens is 230 g/mol. The summed E-state index contributed by atoms with van der Waals surface area (Å²) >= 11 is 0. The largest absolute Gasteiger partial charge is 0.464 e. The van der Waals surface area contributed by atoms with Gasteiger partial charge in [-0.3, -0.25) is 0 Å². The molecule has 0 spiro atoms. The molecule has 5 heteroatoms. The predicted molar refractivity (Wildman–Crippen MR) is 70.2 cm³/mol. The van der Waals surface area contributed by atoms with Crippen molar-refractivity contribution in [3.63, 3.8) is 0 Å². The molecular formula is C13H23N3O2. The fourth-order valence-electron chi connectivity index (χ4n) is 2.04. The highest BCUT2D eigenvalue weighted by atomic mass is 16.5. The minimum Gasteiger partial charge on any atom is -0.464 e. The number of imidazole rings is 1. The van der Waals surface area contributed by atoms with Crippen molar-refractivity contribution in [3.05, 3.63) is 18.2 Å². The molecule has 5 nitrogen and oxygen atoms in total. The van der Waals surface area contributed by atoms with Crippen LogP contribution in [0.2, 0.25) is 0 Å². The van der Waals surface area contributed by atoms with Crippen molar-refractivity contribution in [2.24, 2.45) is 11.7 Å². The highest BCUT2D eigenvalue weighted by Crippen LogP contribution is 2.25. The molecule has 0 saturated carbocycles. The first kappa shape index (κ1) is 14.7. The van der Waals surface area contributed by atoms with Gasteiger partial charge in [-0.15, -0.1) is 0 Å². The van der Waals surface area contributed by atoms with Gasteiger partial charge in [0.15, 0.2) is 0 Å². The molecule has 1 aromatic rings. The van der Waals surface area contributed by atoms with Gasteiger partial charge in [-0.2, -0.15) is 0 Å². The van der Waals surface area contributed by atoms with E-state index in [1.807, 2.05) is 11.5 Å². The molecule has 0 aliphatic rings. The second kappa shape index (κ2) is 6.54. The Balaban J connectivity index is 2.97. The van der Waals surface area contributed by atoms with E-state index in [1.165, 1.54) is 0 Å². The van der Waals surface area contributed by atoms with Gasteiger partial charge in [0.05, 0.1) is 12.9 Å². The lowest BCUT2D eigenvalue weighted by atomic mass is 9.92. The van der Waals surface area contributed by atoms with Crippen LogP contribution in [0.4, 0.5) is 0 Å². The van der Waals surface area contributed by atoms with Crippen molar-refractivity contribution in [2.75, 3.05) is 13.2 Å². The number of aromatic nitrogens is 2. The zero-order valence-corrected chi connectivity index (χ0v) is 11.6. The molecule has 18 heavy (non-hydrogen) atoms. The van der Waals surface area contributed by atoms with Crippen LogP contribution in [0, 0.1) is 5.92 Å². The number of hydrogen-bond donors (Lipinski definition) is 1. The van der Waals surface area contributed by atoms with Crippen LogP contribution in [0.1, 0.15) is 45.3 Å². The fourth-order valence-corrected chi connectivity index (χ4v) is 2.04. The van der Waals surface area contributed by atoms with Gasteiger partial charge in [0.25, 0.3) is 0 Å². The number of nitrogens with zero attached hydrogens (tertiary/aromatic N) is 2. The highest BCUT2D eigenvalue weighted by Gasteiger charge is 2.24. The molecule has 0 bridgehead atoms. The zero-order chi connectivity index (χ0) is 13.7. The Morgan fingerprint density at radius 2 is 2.17 bits per heavy atom. The van der Waals surface area contributed by atoms with Gasteiger partial charge in [-0.25, -0.2) is 9.78 Å². The Morgan fingerprint density at radius 3 is 2.67 bits per heavy atom. The molecule has 1 aromatic heterocycles. The van der Waals surface area contributed by atoms with Gasteiger partial charge in [0, 0.05) is 24.4 Å². The molecule has 0 amide bonds. The second-order valence-electron chi connectivity index (χ2n) is 4.74. The fraction of sp³-hybridized carbons (Fsp3) is 0.692. The lowest BCUT2D eigenvalue weighted by Crippen LogP contribution is -2.25. The van der Waals surface area contributed by atoms with Crippen molar-refractivity contribution in [1.29, 1.82) is 0 Å². The molecule has 0 fully saturated rings. The first-order valence-corrected chi connectivity index (χ1v) is 6.41. The molecule has 102 valence electrons. The number of hydrogen-bond acceptors (Lipinski definition) is 4. The number of ether oxygens (including phenoxy) is 1. The van der Waals surface area contributed by atoms with E-state index in [-0.39, 0.29) is 17.9 Å². The Kier molecular flexibility index (Phi) is 5.34. The maximum atomic E-state index is 11.8. The van der Waals surface area contributed by atoms with Crippen molar-refractivity contribution in [2.45, 2.75) is 39.7 Å². The van der Waals surface area contributed by atoms with Crippen molar-refractivity contribution in [3.8, 4) is 0 Å². The Morgan fingerprint density at radius 1 is 1.50 bits per heavy atom. The van der Waals surface area contributed by atoms with Crippen LogP contribution in [-0.2, 0) is 9.53 Å². The predicted octanol–water partition coefficient (Wildman–Crippen LogP) is 1.71. The normalized spacial score (nSPS) is 14.6. The van der Waals surface area contributed by atoms with Crippen LogP contribution in [0.5, 0.6) is 0 Å².